The van der Waals surface area contributed by atoms with Gasteiger partial charge < -0.3 is 4.90 Å². The molecular weight excluding hydrogens is 294 g/mol. The number of Topliss-reactive ketones (excluding diaryl/α,β-unsaturated/α-hetero) is 1. The van der Waals surface area contributed by atoms with Gasteiger partial charge in [0.25, 0.3) is 0 Å². The molecule has 20 heavy (non-hydrogen) atoms. The molecule has 1 aromatic rings. The second-order valence-electron chi connectivity index (χ2n) is 5.32. The van der Waals surface area contributed by atoms with Gasteiger partial charge >= 0.3 is 0 Å². The van der Waals surface area contributed by atoms with Gasteiger partial charge in [-0.2, -0.15) is 0 Å². The van der Waals surface area contributed by atoms with Gasteiger partial charge in [-0.1, -0.05) is 31.4 Å². The minimum Gasteiger partial charge on any atom is -0.335 e. The van der Waals surface area contributed by atoms with Crippen LogP contribution >= 0.6 is 22.9 Å². The Balaban J connectivity index is 1.94. The molecule has 110 valence electrons. The Kier molecular flexibility index (Phi) is 5.61. The summed E-state index contributed by atoms with van der Waals surface area (Å²) in [6, 6.07) is 3.46. The normalized spacial score (nSPS) is 20.0. The van der Waals surface area contributed by atoms with E-state index in [2.05, 4.69) is 6.92 Å². The third kappa shape index (κ3) is 4.06. The van der Waals surface area contributed by atoms with Crippen LogP contribution in [-0.4, -0.2) is 29.7 Å². The lowest BCUT2D eigenvalue weighted by Gasteiger charge is -2.19. The number of nitrogens with zero attached hydrogens (tertiary/aromatic N) is 1. The van der Waals surface area contributed by atoms with Crippen LogP contribution in [0.4, 0.5) is 0 Å². The third-order valence-electron chi connectivity index (χ3n) is 3.81. The number of carbonyl (C=O) groups excluding carboxylic acids is 2. The van der Waals surface area contributed by atoms with Gasteiger partial charge in [-0.15, -0.1) is 11.3 Å². The first-order chi connectivity index (χ1) is 9.60. The molecule has 1 aliphatic heterocycles. The van der Waals surface area contributed by atoms with Crippen LogP contribution in [0, 0.1) is 5.92 Å². The van der Waals surface area contributed by atoms with E-state index < -0.39 is 0 Å². The molecule has 0 saturated carbocycles. The van der Waals surface area contributed by atoms with E-state index in [1.807, 2.05) is 0 Å². The quantitative estimate of drug-likeness (QED) is 0.770. The summed E-state index contributed by atoms with van der Waals surface area (Å²) in [6.45, 7) is 3.07. The number of hydrogen-bond donors (Lipinski definition) is 0. The van der Waals surface area contributed by atoms with E-state index in [1.54, 1.807) is 17.0 Å². The molecule has 2 rings (SSSR count). The fraction of sp³-hybridized carbons (Fsp3) is 0.600. The minimum atomic E-state index is -0.0100. The first-order valence-electron chi connectivity index (χ1n) is 7.16. The van der Waals surface area contributed by atoms with Crippen molar-refractivity contribution in [2.75, 3.05) is 13.1 Å². The highest BCUT2D eigenvalue weighted by Crippen LogP contribution is 2.24. The molecule has 1 amide bonds. The Bertz CT molecular complexity index is 486. The van der Waals surface area contributed by atoms with Gasteiger partial charge in [-0.25, -0.2) is 0 Å². The van der Waals surface area contributed by atoms with E-state index in [4.69, 9.17) is 11.6 Å². The molecule has 1 unspecified atom stereocenters. The molecule has 5 heteroatoms. The molecule has 1 aromatic heterocycles. The number of hydrogen-bond acceptors (Lipinski definition) is 3. The van der Waals surface area contributed by atoms with Gasteiger partial charge in [0.1, 0.15) is 0 Å². The average Bonchev–Trinajstić information content (AvgIpc) is 2.79. The van der Waals surface area contributed by atoms with E-state index in [0.29, 0.717) is 28.1 Å². The summed E-state index contributed by atoms with van der Waals surface area (Å²) in [7, 11) is 0. The Morgan fingerprint density at radius 3 is 2.90 bits per heavy atom. The van der Waals surface area contributed by atoms with Gasteiger partial charge in [0.15, 0.2) is 5.78 Å². The molecule has 0 bridgehead atoms. The summed E-state index contributed by atoms with van der Waals surface area (Å²) in [5, 5.41) is 0. The van der Waals surface area contributed by atoms with Gasteiger partial charge in [0, 0.05) is 13.0 Å². The van der Waals surface area contributed by atoms with Gasteiger partial charge in [0.2, 0.25) is 5.91 Å². The van der Waals surface area contributed by atoms with E-state index in [9.17, 15) is 9.59 Å². The van der Waals surface area contributed by atoms with Crippen molar-refractivity contribution in [3.63, 3.8) is 0 Å². The topological polar surface area (TPSA) is 37.4 Å². The maximum absolute atomic E-state index is 12.1. The maximum atomic E-state index is 12.1. The fourth-order valence-electron chi connectivity index (χ4n) is 2.67. The maximum Gasteiger partial charge on any atom is 0.222 e. The zero-order valence-electron chi connectivity index (χ0n) is 11.7. The van der Waals surface area contributed by atoms with Crippen molar-refractivity contribution < 1.29 is 9.59 Å². The first kappa shape index (κ1) is 15.5. The zero-order chi connectivity index (χ0) is 14.5. The monoisotopic (exact) mass is 313 g/mol. The SMILES string of the molecule is CCCC1CCC(=O)N(CC(=O)c2ccc(Cl)s2)CC1. The number of rotatable bonds is 5. The van der Waals surface area contributed by atoms with E-state index in [-0.39, 0.29) is 18.2 Å². The summed E-state index contributed by atoms with van der Waals surface area (Å²) in [6.07, 6.45) is 4.88. The second kappa shape index (κ2) is 7.23. The molecule has 0 aromatic carbocycles. The largest absolute Gasteiger partial charge is 0.335 e. The van der Waals surface area contributed by atoms with Crippen molar-refractivity contribution in [1.82, 2.24) is 4.90 Å². The lowest BCUT2D eigenvalue weighted by atomic mass is 9.96. The molecule has 0 aliphatic carbocycles. The molecule has 1 fully saturated rings. The van der Waals surface area contributed by atoms with Gasteiger partial charge in [-0.3, -0.25) is 9.59 Å². The summed E-state index contributed by atoms with van der Waals surface area (Å²) in [5.41, 5.74) is 0. The average molecular weight is 314 g/mol. The number of amides is 1. The third-order valence-corrected chi connectivity index (χ3v) is 5.08. The first-order valence-corrected chi connectivity index (χ1v) is 8.36. The second-order valence-corrected chi connectivity index (χ2v) is 7.04. The van der Waals surface area contributed by atoms with Crippen LogP contribution in [0.3, 0.4) is 0 Å². The summed E-state index contributed by atoms with van der Waals surface area (Å²) >= 11 is 7.12. The van der Waals surface area contributed by atoms with Crippen LogP contribution in [0.25, 0.3) is 0 Å². The molecule has 1 atom stereocenters. The van der Waals surface area contributed by atoms with Crippen LogP contribution in [0.1, 0.15) is 48.7 Å². The van der Waals surface area contributed by atoms with Gasteiger partial charge in [0.05, 0.1) is 15.8 Å². The molecule has 3 nitrogen and oxygen atoms in total. The molecule has 2 heterocycles. The predicted molar refractivity (Wildman–Crippen MR) is 82.5 cm³/mol. The zero-order valence-corrected chi connectivity index (χ0v) is 13.3. The molecular formula is C15H20ClNO2S. The van der Waals surface area contributed by atoms with Crippen LogP contribution in [0.5, 0.6) is 0 Å². The van der Waals surface area contributed by atoms with Crippen LogP contribution in [0.15, 0.2) is 12.1 Å². The van der Waals surface area contributed by atoms with Crippen molar-refractivity contribution in [3.8, 4) is 0 Å². The fourth-order valence-corrected chi connectivity index (χ4v) is 3.65. The lowest BCUT2D eigenvalue weighted by Crippen LogP contribution is -2.35. The molecule has 0 N–H and O–H groups in total. The molecule has 1 saturated heterocycles. The number of ketones is 1. The smallest absolute Gasteiger partial charge is 0.222 e. The minimum absolute atomic E-state index is 0.0100. The molecule has 1 aliphatic rings. The van der Waals surface area contributed by atoms with E-state index in [1.165, 1.54) is 17.8 Å². The summed E-state index contributed by atoms with van der Waals surface area (Å²) < 4.78 is 0.610. The van der Waals surface area contributed by atoms with Crippen molar-refractivity contribution in [1.29, 1.82) is 0 Å². The lowest BCUT2D eigenvalue weighted by molar-refractivity contribution is -0.130. The Morgan fingerprint density at radius 1 is 1.45 bits per heavy atom. The molecule has 0 radical (unpaired) electrons. The Labute approximate surface area is 128 Å². The number of halogens is 1. The van der Waals surface area contributed by atoms with Crippen LogP contribution in [-0.2, 0) is 4.79 Å². The van der Waals surface area contributed by atoms with Crippen molar-refractivity contribution in [3.05, 3.63) is 21.3 Å². The summed E-state index contributed by atoms with van der Waals surface area (Å²) in [5.74, 6) is 0.726. The summed E-state index contributed by atoms with van der Waals surface area (Å²) in [4.78, 5) is 26.6. The van der Waals surface area contributed by atoms with Gasteiger partial charge in [-0.05, 0) is 30.9 Å². The van der Waals surface area contributed by atoms with Crippen LogP contribution < -0.4 is 0 Å². The number of likely N-dealkylation sites (tertiary alicyclic amines) is 1. The standard InChI is InChI=1S/C15H20ClNO2S/c1-2-3-11-4-7-15(19)17(9-8-11)10-12(18)13-5-6-14(16)20-13/h5-6,11H,2-4,7-10H2,1H3. The Hall–Kier alpha value is -0.870. The van der Waals surface area contributed by atoms with Crippen LogP contribution in [0.2, 0.25) is 4.34 Å². The highest BCUT2D eigenvalue weighted by Gasteiger charge is 2.24. The van der Waals surface area contributed by atoms with Crippen molar-refractivity contribution in [2.24, 2.45) is 5.92 Å². The van der Waals surface area contributed by atoms with Crippen molar-refractivity contribution >= 4 is 34.6 Å². The molecule has 0 spiro atoms. The highest BCUT2D eigenvalue weighted by molar-refractivity contribution is 7.18. The number of carbonyl (C=O) groups is 2. The Morgan fingerprint density at radius 2 is 2.25 bits per heavy atom. The van der Waals surface area contributed by atoms with Crippen molar-refractivity contribution in [2.45, 2.75) is 39.0 Å². The van der Waals surface area contributed by atoms with E-state index in [0.717, 1.165) is 19.3 Å². The number of thiophene rings is 1. The van der Waals surface area contributed by atoms with E-state index >= 15 is 0 Å². The predicted octanol–water partition coefficient (Wildman–Crippen LogP) is 4.01. The highest BCUT2D eigenvalue weighted by atomic mass is 35.5.